The molecule has 0 saturated carbocycles. The van der Waals surface area contributed by atoms with E-state index in [1.54, 1.807) is 42.7 Å². The molecule has 0 radical (unpaired) electrons. The zero-order valence-corrected chi connectivity index (χ0v) is 13.8. The molecule has 0 bridgehead atoms. The zero-order chi connectivity index (χ0) is 15.7. The van der Waals surface area contributed by atoms with Crippen LogP contribution in [-0.2, 0) is 4.79 Å². The van der Waals surface area contributed by atoms with Crippen LogP contribution in [0, 0.1) is 0 Å². The second kappa shape index (κ2) is 6.16. The van der Waals surface area contributed by atoms with Crippen LogP contribution in [0.5, 0.6) is 5.75 Å². The summed E-state index contributed by atoms with van der Waals surface area (Å²) in [5.74, 6) is 0.947. The first kappa shape index (κ1) is 15.1. The van der Waals surface area contributed by atoms with Crippen molar-refractivity contribution in [1.29, 1.82) is 0 Å². The number of benzene rings is 1. The standard InChI is InChI=1S/C15H10ClNO3S2/c1-19-12-5-4-9(7-11(12)16)17-14(18)13(22-15(17)21)8-10-3-2-6-20-10/h2-8H,1H3. The minimum absolute atomic E-state index is 0.201. The summed E-state index contributed by atoms with van der Waals surface area (Å²) >= 11 is 12.6. The maximum Gasteiger partial charge on any atom is 0.270 e. The van der Waals surface area contributed by atoms with E-state index in [1.807, 2.05) is 0 Å². The number of hydrogen-bond acceptors (Lipinski definition) is 5. The van der Waals surface area contributed by atoms with E-state index in [1.165, 1.54) is 23.8 Å². The third kappa shape index (κ3) is 2.77. The van der Waals surface area contributed by atoms with Gasteiger partial charge in [0.25, 0.3) is 5.91 Å². The largest absolute Gasteiger partial charge is 0.495 e. The molecule has 0 spiro atoms. The number of furan rings is 1. The van der Waals surface area contributed by atoms with E-state index in [0.29, 0.717) is 31.4 Å². The van der Waals surface area contributed by atoms with Crippen LogP contribution in [0.3, 0.4) is 0 Å². The summed E-state index contributed by atoms with van der Waals surface area (Å²) in [6.07, 6.45) is 3.22. The highest BCUT2D eigenvalue weighted by Crippen LogP contribution is 2.38. The van der Waals surface area contributed by atoms with E-state index in [0.717, 1.165) is 0 Å². The minimum atomic E-state index is -0.201. The van der Waals surface area contributed by atoms with Gasteiger partial charge in [-0.15, -0.1) is 0 Å². The van der Waals surface area contributed by atoms with Crippen molar-refractivity contribution in [2.75, 3.05) is 12.0 Å². The van der Waals surface area contributed by atoms with Crippen LogP contribution in [0.1, 0.15) is 5.76 Å². The Morgan fingerprint density at radius 1 is 1.41 bits per heavy atom. The van der Waals surface area contributed by atoms with Crippen LogP contribution >= 0.6 is 35.6 Å². The van der Waals surface area contributed by atoms with Gasteiger partial charge in [-0.05, 0) is 30.3 Å². The first-order valence-corrected chi connectivity index (χ1v) is 7.85. The van der Waals surface area contributed by atoms with Crippen LogP contribution in [0.2, 0.25) is 5.02 Å². The van der Waals surface area contributed by atoms with Crippen molar-refractivity contribution in [2.24, 2.45) is 0 Å². The molecule has 2 heterocycles. The third-order valence-electron chi connectivity index (χ3n) is 3.00. The number of nitrogens with zero attached hydrogens (tertiary/aromatic N) is 1. The maximum absolute atomic E-state index is 12.5. The lowest BCUT2D eigenvalue weighted by Gasteiger charge is -2.15. The fourth-order valence-corrected chi connectivity index (χ4v) is 3.52. The number of halogens is 1. The maximum atomic E-state index is 12.5. The van der Waals surface area contributed by atoms with E-state index in [-0.39, 0.29) is 5.91 Å². The number of hydrogen-bond donors (Lipinski definition) is 0. The molecule has 1 fully saturated rings. The molecule has 7 heteroatoms. The Labute approximate surface area is 141 Å². The Bertz CT molecular complexity index is 771. The SMILES string of the molecule is COc1ccc(N2C(=O)C(=Cc3ccco3)SC2=S)cc1Cl. The average Bonchev–Trinajstić information content (AvgIpc) is 3.08. The fourth-order valence-electron chi connectivity index (χ4n) is 1.99. The van der Waals surface area contributed by atoms with Crippen LogP contribution in [0.4, 0.5) is 5.69 Å². The lowest BCUT2D eigenvalue weighted by molar-refractivity contribution is -0.113. The molecular weight excluding hydrogens is 342 g/mol. The number of ether oxygens (including phenoxy) is 1. The number of anilines is 1. The number of methoxy groups -OCH3 is 1. The Hall–Kier alpha value is -1.76. The quantitative estimate of drug-likeness (QED) is 0.607. The summed E-state index contributed by atoms with van der Waals surface area (Å²) in [6, 6.07) is 8.63. The molecule has 112 valence electrons. The van der Waals surface area contributed by atoms with Gasteiger partial charge in [0.05, 0.1) is 29.0 Å². The first-order chi connectivity index (χ1) is 10.6. The van der Waals surface area contributed by atoms with Gasteiger partial charge in [-0.3, -0.25) is 9.69 Å². The summed E-state index contributed by atoms with van der Waals surface area (Å²) in [6.45, 7) is 0. The predicted octanol–water partition coefficient (Wildman–Crippen LogP) is 4.35. The summed E-state index contributed by atoms with van der Waals surface area (Å²) < 4.78 is 10.8. The number of rotatable bonds is 3. The topological polar surface area (TPSA) is 42.7 Å². The molecule has 1 aliphatic heterocycles. The van der Waals surface area contributed by atoms with Gasteiger partial charge < -0.3 is 9.15 Å². The molecule has 0 atom stereocenters. The van der Waals surface area contributed by atoms with Crippen molar-refractivity contribution < 1.29 is 13.9 Å². The van der Waals surface area contributed by atoms with Crippen LogP contribution in [0.15, 0.2) is 45.9 Å². The molecule has 1 saturated heterocycles. The van der Waals surface area contributed by atoms with Gasteiger partial charge in [0.15, 0.2) is 4.32 Å². The molecule has 3 rings (SSSR count). The van der Waals surface area contributed by atoms with Gasteiger partial charge in [0.1, 0.15) is 11.5 Å². The van der Waals surface area contributed by atoms with E-state index in [4.69, 9.17) is 33.0 Å². The van der Waals surface area contributed by atoms with Crippen LogP contribution in [0.25, 0.3) is 6.08 Å². The molecule has 1 aromatic carbocycles. The van der Waals surface area contributed by atoms with Gasteiger partial charge in [-0.1, -0.05) is 35.6 Å². The molecule has 1 amide bonds. The number of carbonyl (C=O) groups excluding carboxylic acids is 1. The molecule has 1 aliphatic rings. The predicted molar refractivity (Wildman–Crippen MR) is 92.4 cm³/mol. The van der Waals surface area contributed by atoms with Gasteiger partial charge in [0, 0.05) is 6.08 Å². The summed E-state index contributed by atoms with van der Waals surface area (Å²) in [7, 11) is 1.53. The number of thioether (sulfide) groups is 1. The smallest absolute Gasteiger partial charge is 0.270 e. The van der Waals surface area contributed by atoms with E-state index in [2.05, 4.69) is 0 Å². The van der Waals surface area contributed by atoms with Crippen molar-refractivity contribution >= 4 is 57.6 Å². The summed E-state index contributed by atoms with van der Waals surface area (Å²) in [5, 5.41) is 0.420. The average molecular weight is 352 g/mol. The molecule has 4 nitrogen and oxygen atoms in total. The second-order valence-electron chi connectivity index (χ2n) is 4.35. The van der Waals surface area contributed by atoms with Gasteiger partial charge in [-0.2, -0.15) is 0 Å². The molecule has 0 N–H and O–H groups in total. The van der Waals surface area contributed by atoms with Crippen molar-refractivity contribution in [1.82, 2.24) is 0 Å². The van der Waals surface area contributed by atoms with Crippen LogP contribution < -0.4 is 9.64 Å². The fraction of sp³-hybridized carbons (Fsp3) is 0.0667. The van der Waals surface area contributed by atoms with Crippen molar-refractivity contribution in [3.05, 3.63) is 52.3 Å². The van der Waals surface area contributed by atoms with E-state index >= 15 is 0 Å². The minimum Gasteiger partial charge on any atom is -0.495 e. The lowest BCUT2D eigenvalue weighted by Crippen LogP contribution is -2.27. The van der Waals surface area contributed by atoms with E-state index < -0.39 is 0 Å². The highest BCUT2D eigenvalue weighted by atomic mass is 35.5. The van der Waals surface area contributed by atoms with Gasteiger partial charge in [0.2, 0.25) is 0 Å². The zero-order valence-electron chi connectivity index (χ0n) is 11.4. The Morgan fingerprint density at radius 2 is 2.23 bits per heavy atom. The normalized spacial score (nSPS) is 16.6. The Balaban J connectivity index is 1.93. The molecule has 0 aliphatic carbocycles. The number of amides is 1. The molecule has 1 aromatic heterocycles. The number of thiocarbonyl (C=S) groups is 1. The monoisotopic (exact) mass is 351 g/mol. The third-order valence-corrected chi connectivity index (χ3v) is 4.60. The van der Waals surface area contributed by atoms with Crippen LogP contribution in [-0.4, -0.2) is 17.3 Å². The molecule has 0 unspecified atom stereocenters. The molecule has 22 heavy (non-hydrogen) atoms. The lowest BCUT2D eigenvalue weighted by atomic mass is 10.2. The van der Waals surface area contributed by atoms with E-state index in [9.17, 15) is 4.79 Å². The van der Waals surface area contributed by atoms with Crippen molar-refractivity contribution in [3.8, 4) is 5.75 Å². The summed E-state index contributed by atoms with van der Waals surface area (Å²) in [5.41, 5.74) is 0.608. The Kier molecular flexibility index (Phi) is 4.24. The number of carbonyl (C=O) groups is 1. The highest BCUT2D eigenvalue weighted by Gasteiger charge is 2.33. The van der Waals surface area contributed by atoms with Gasteiger partial charge >= 0.3 is 0 Å². The molecule has 2 aromatic rings. The highest BCUT2D eigenvalue weighted by molar-refractivity contribution is 8.27. The summed E-state index contributed by atoms with van der Waals surface area (Å²) in [4.78, 5) is 14.5. The van der Waals surface area contributed by atoms with Crippen molar-refractivity contribution in [2.45, 2.75) is 0 Å². The second-order valence-corrected chi connectivity index (χ2v) is 6.43. The Morgan fingerprint density at radius 3 is 2.86 bits per heavy atom. The van der Waals surface area contributed by atoms with Gasteiger partial charge in [-0.25, -0.2) is 0 Å². The molecular formula is C15H10ClNO3S2. The first-order valence-electron chi connectivity index (χ1n) is 6.25. The van der Waals surface area contributed by atoms with Crippen molar-refractivity contribution in [3.63, 3.8) is 0 Å².